The number of rotatable bonds is 4. The van der Waals surface area contributed by atoms with Crippen molar-refractivity contribution < 1.29 is 4.79 Å². The van der Waals surface area contributed by atoms with E-state index in [0.717, 1.165) is 18.6 Å². The van der Waals surface area contributed by atoms with E-state index in [0.29, 0.717) is 11.8 Å². The molecule has 4 heteroatoms. The first-order valence-corrected chi connectivity index (χ1v) is 7.02. The van der Waals surface area contributed by atoms with Gasteiger partial charge in [0.25, 0.3) is 0 Å². The lowest BCUT2D eigenvalue weighted by Crippen LogP contribution is -2.46. The number of hydrogen-bond acceptors (Lipinski definition) is 2. The Balaban J connectivity index is 2.47. The van der Waals surface area contributed by atoms with E-state index in [1.165, 1.54) is 0 Å². The second-order valence-corrected chi connectivity index (χ2v) is 6.48. The van der Waals surface area contributed by atoms with Crippen LogP contribution in [-0.4, -0.2) is 28.3 Å². The summed E-state index contributed by atoms with van der Waals surface area (Å²) in [5.74, 6) is 2.19. The first-order valence-electron chi connectivity index (χ1n) is 5.50. The van der Waals surface area contributed by atoms with Gasteiger partial charge in [-0.2, -0.15) is 0 Å². The summed E-state index contributed by atoms with van der Waals surface area (Å²) in [5.41, 5.74) is 0. The molecule has 2 nitrogen and oxygen atoms in total. The molecule has 88 valence electrons. The summed E-state index contributed by atoms with van der Waals surface area (Å²) in [6.45, 7) is 6.12. The standard InChI is InChI=1S/C11H20ClNOS/c1-8(7-12)9(2)13-10(14)11(3)5-4-6-15-11/h8-9H,4-7H2,1-3H3,(H,13,14). The predicted molar refractivity (Wildman–Crippen MR) is 67.6 cm³/mol. The highest BCUT2D eigenvalue weighted by atomic mass is 35.5. The summed E-state index contributed by atoms with van der Waals surface area (Å²) in [5, 5.41) is 3.07. The zero-order valence-corrected chi connectivity index (χ0v) is 11.3. The summed E-state index contributed by atoms with van der Waals surface area (Å²) in [6, 6.07) is 0.160. The molecular weight excluding hydrogens is 230 g/mol. The maximum atomic E-state index is 12.0. The van der Waals surface area contributed by atoms with Gasteiger partial charge in [0.1, 0.15) is 0 Å². The molecule has 0 spiro atoms. The molecule has 1 aliphatic heterocycles. The van der Waals surface area contributed by atoms with Gasteiger partial charge in [-0.25, -0.2) is 0 Å². The fourth-order valence-electron chi connectivity index (χ4n) is 1.59. The maximum Gasteiger partial charge on any atom is 0.236 e. The first-order chi connectivity index (χ1) is 6.99. The van der Waals surface area contributed by atoms with Gasteiger partial charge in [0.2, 0.25) is 5.91 Å². The summed E-state index contributed by atoms with van der Waals surface area (Å²) in [4.78, 5) is 12.0. The molecule has 15 heavy (non-hydrogen) atoms. The van der Waals surface area contributed by atoms with Crippen LogP contribution in [0.4, 0.5) is 0 Å². The molecule has 3 unspecified atom stereocenters. The molecule has 0 saturated carbocycles. The second-order valence-electron chi connectivity index (χ2n) is 4.58. The molecule has 0 radical (unpaired) electrons. The van der Waals surface area contributed by atoms with Gasteiger partial charge < -0.3 is 5.32 Å². The van der Waals surface area contributed by atoms with Crippen molar-refractivity contribution in [3.05, 3.63) is 0 Å². The molecule has 0 bridgehead atoms. The van der Waals surface area contributed by atoms with Crippen molar-refractivity contribution in [1.29, 1.82) is 0 Å². The smallest absolute Gasteiger partial charge is 0.236 e. The van der Waals surface area contributed by atoms with Crippen LogP contribution in [0, 0.1) is 5.92 Å². The number of halogens is 1. The van der Waals surface area contributed by atoms with Crippen molar-refractivity contribution >= 4 is 29.3 Å². The number of carbonyl (C=O) groups is 1. The van der Waals surface area contributed by atoms with Crippen molar-refractivity contribution in [2.24, 2.45) is 5.92 Å². The lowest BCUT2D eigenvalue weighted by molar-refractivity contribution is -0.124. The molecule has 1 aliphatic rings. The topological polar surface area (TPSA) is 29.1 Å². The Labute approximate surface area is 102 Å². The Hall–Kier alpha value is 0.110. The summed E-state index contributed by atoms with van der Waals surface area (Å²) in [6.07, 6.45) is 2.14. The van der Waals surface area contributed by atoms with Gasteiger partial charge in [-0.3, -0.25) is 4.79 Å². The van der Waals surface area contributed by atoms with Gasteiger partial charge in [0.15, 0.2) is 0 Å². The molecule has 1 amide bonds. The van der Waals surface area contributed by atoms with E-state index in [9.17, 15) is 4.79 Å². The fraction of sp³-hybridized carbons (Fsp3) is 0.909. The SMILES string of the molecule is CC(CCl)C(C)NC(=O)C1(C)CCCS1. The predicted octanol–water partition coefficient (Wildman–Crippen LogP) is 2.65. The molecule has 1 heterocycles. The van der Waals surface area contributed by atoms with Crippen LogP contribution in [0.5, 0.6) is 0 Å². The zero-order chi connectivity index (χ0) is 11.5. The summed E-state index contributed by atoms with van der Waals surface area (Å²) < 4.78 is -0.208. The highest BCUT2D eigenvalue weighted by Crippen LogP contribution is 2.37. The molecule has 1 saturated heterocycles. The highest BCUT2D eigenvalue weighted by Gasteiger charge is 2.37. The largest absolute Gasteiger partial charge is 0.352 e. The van der Waals surface area contributed by atoms with Crippen molar-refractivity contribution in [2.75, 3.05) is 11.6 Å². The average molecular weight is 250 g/mol. The average Bonchev–Trinajstić information content (AvgIpc) is 2.65. The fourth-order valence-corrected chi connectivity index (χ4v) is 3.08. The van der Waals surface area contributed by atoms with Crippen LogP contribution in [-0.2, 0) is 4.79 Å². The van der Waals surface area contributed by atoms with Crippen molar-refractivity contribution in [3.63, 3.8) is 0 Å². The molecular formula is C11H20ClNOS. The maximum absolute atomic E-state index is 12.0. The highest BCUT2D eigenvalue weighted by molar-refractivity contribution is 8.01. The normalized spacial score (nSPS) is 29.9. The van der Waals surface area contributed by atoms with Crippen molar-refractivity contribution in [2.45, 2.75) is 44.4 Å². The molecule has 1 fully saturated rings. The number of alkyl halides is 1. The van der Waals surface area contributed by atoms with Crippen molar-refractivity contribution in [3.8, 4) is 0 Å². The Morgan fingerprint density at radius 2 is 2.27 bits per heavy atom. The van der Waals surface area contributed by atoms with Gasteiger partial charge in [0, 0.05) is 11.9 Å². The van der Waals surface area contributed by atoms with Crippen LogP contribution < -0.4 is 5.32 Å². The number of thioether (sulfide) groups is 1. The monoisotopic (exact) mass is 249 g/mol. The first kappa shape index (κ1) is 13.2. The molecule has 0 aromatic rings. The Bertz CT molecular complexity index is 229. The number of carbonyl (C=O) groups excluding carboxylic acids is 1. The molecule has 0 aliphatic carbocycles. The lowest BCUT2D eigenvalue weighted by atomic mass is 10.0. The van der Waals surface area contributed by atoms with E-state index >= 15 is 0 Å². The van der Waals surface area contributed by atoms with Gasteiger partial charge >= 0.3 is 0 Å². The van der Waals surface area contributed by atoms with E-state index in [4.69, 9.17) is 11.6 Å². The van der Waals surface area contributed by atoms with Gasteiger partial charge in [0.05, 0.1) is 4.75 Å². The van der Waals surface area contributed by atoms with Gasteiger partial charge in [-0.15, -0.1) is 23.4 Å². The van der Waals surface area contributed by atoms with Crippen LogP contribution in [0.2, 0.25) is 0 Å². The van der Waals surface area contributed by atoms with Gasteiger partial charge in [-0.1, -0.05) is 6.92 Å². The third kappa shape index (κ3) is 3.28. The van der Waals surface area contributed by atoms with Crippen LogP contribution in [0.15, 0.2) is 0 Å². The Kier molecular flexibility index (Phi) is 4.78. The lowest BCUT2D eigenvalue weighted by Gasteiger charge is -2.26. The number of amides is 1. The van der Waals surface area contributed by atoms with Crippen LogP contribution in [0.1, 0.15) is 33.6 Å². The molecule has 1 rings (SSSR count). The minimum absolute atomic E-state index is 0.160. The number of nitrogens with one attached hydrogen (secondary N) is 1. The third-order valence-electron chi connectivity index (χ3n) is 3.15. The minimum atomic E-state index is -0.208. The van der Waals surface area contributed by atoms with Crippen LogP contribution in [0.25, 0.3) is 0 Å². The minimum Gasteiger partial charge on any atom is -0.352 e. The Morgan fingerprint density at radius 1 is 1.60 bits per heavy atom. The Morgan fingerprint density at radius 3 is 2.73 bits per heavy atom. The van der Waals surface area contributed by atoms with Gasteiger partial charge in [-0.05, 0) is 38.4 Å². The second kappa shape index (κ2) is 5.44. The molecule has 1 N–H and O–H groups in total. The van der Waals surface area contributed by atoms with E-state index in [1.807, 2.05) is 13.8 Å². The zero-order valence-electron chi connectivity index (χ0n) is 9.68. The molecule has 0 aromatic carbocycles. The number of hydrogen-bond donors (Lipinski definition) is 1. The third-order valence-corrected chi connectivity index (χ3v) is 5.16. The van der Waals surface area contributed by atoms with E-state index < -0.39 is 0 Å². The van der Waals surface area contributed by atoms with Crippen LogP contribution in [0.3, 0.4) is 0 Å². The molecule has 0 aromatic heterocycles. The summed E-state index contributed by atoms with van der Waals surface area (Å²) >= 11 is 7.54. The van der Waals surface area contributed by atoms with E-state index in [-0.39, 0.29) is 16.7 Å². The van der Waals surface area contributed by atoms with Crippen LogP contribution >= 0.6 is 23.4 Å². The van der Waals surface area contributed by atoms with E-state index in [1.54, 1.807) is 11.8 Å². The van der Waals surface area contributed by atoms with Crippen molar-refractivity contribution in [1.82, 2.24) is 5.32 Å². The summed E-state index contributed by atoms with van der Waals surface area (Å²) in [7, 11) is 0. The van der Waals surface area contributed by atoms with E-state index in [2.05, 4.69) is 12.2 Å². The molecule has 3 atom stereocenters. The quantitative estimate of drug-likeness (QED) is 0.777.